The zero-order chi connectivity index (χ0) is 17.5. The van der Waals surface area contributed by atoms with Gasteiger partial charge in [-0.2, -0.15) is 0 Å². The van der Waals surface area contributed by atoms with Crippen LogP contribution in [-0.4, -0.2) is 29.1 Å². The molecule has 0 radical (unpaired) electrons. The lowest BCUT2D eigenvalue weighted by Crippen LogP contribution is -2.37. The smallest absolute Gasteiger partial charge is 0.164 e. The second-order valence-corrected chi connectivity index (χ2v) is 6.89. The summed E-state index contributed by atoms with van der Waals surface area (Å²) in [6.45, 7) is 2.50. The van der Waals surface area contributed by atoms with Crippen molar-refractivity contribution < 1.29 is 10.2 Å². The monoisotopic (exact) mass is 335 g/mol. The van der Waals surface area contributed by atoms with Gasteiger partial charge in [-0.3, -0.25) is 0 Å². The molecular weight excluding hydrogens is 298 g/mol. The van der Waals surface area contributed by atoms with Crippen LogP contribution in [0, 0.1) is 0 Å². The van der Waals surface area contributed by atoms with Gasteiger partial charge in [-0.1, -0.05) is 95.0 Å². The van der Waals surface area contributed by atoms with Gasteiger partial charge in [0.25, 0.3) is 0 Å². The summed E-state index contributed by atoms with van der Waals surface area (Å²) in [5.41, 5.74) is 1.30. The Labute approximate surface area is 148 Å². The summed E-state index contributed by atoms with van der Waals surface area (Å²) in [6.07, 6.45) is 12.8. The van der Waals surface area contributed by atoms with Crippen molar-refractivity contribution in [3.63, 3.8) is 0 Å². The molecule has 1 aromatic carbocycles. The van der Waals surface area contributed by atoms with Crippen LogP contribution in [0.15, 0.2) is 30.3 Å². The number of unbranched alkanes of at least 4 members (excludes halogenated alkanes) is 8. The van der Waals surface area contributed by atoms with Gasteiger partial charge < -0.3 is 15.5 Å². The minimum absolute atomic E-state index is 0.245. The first-order chi connectivity index (χ1) is 11.7. The molecule has 24 heavy (non-hydrogen) atoms. The topological polar surface area (TPSA) is 52.5 Å². The second-order valence-electron chi connectivity index (χ2n) is 6.89. The molecule has 0 saturated carbocycles. The van der Waals surface area contributed by atoms with E-state index >= 15 is 0 Å². The predicted octanol–water partition coefficient (Wildman–Crippen LogP) is 4.42. The highest BCUT2D eigenvalue weighted by Gasteiger charge is 2.10. The molecule has 3 N–H and O–H groups in total. The average Bonchev–Trinajstić information content (AvgIpc) is 2.58. The predicted molar refractivity (Wildman–Crippen MR) is 102 cm³/mol. The first-order valence-electron chi connectivity index (χ1n) is 9.85. The van der Waals surface area contributed by atoms with Crippen molar-refractivity contribution in [2.24, 2.45) is 0 Å². The van der Waals surface area contributed by atoms with Gasteiger partial charge in [-0.25, -0.2) is 0 Å². The third kappa shape index (κ3) is 11.6. The molecule has 1 rings (SSSR count). The van der Waals surface area contributed by atoms with Gasteiger partial charge in [0.05, 0.1) is 0 Å². The maximum atomic E-state index is 9.09. The Morgan fingerprint density at radius 3 is 2.00 bits per heavy atom. The van der Waals surface area contributed by atoms with Crippen molar-refractivity contribution in [2.75, 3.05) is 6.54 Å². The number of nitrogens with one attached hydrogen (secondary N) is 1. The molecule has 0 bridgehead atoms. The molecule has 3 nitrogen and oxygen atoms in total. The molecule has 1 aromatic rings. The Balaban J connectivity index is 2.17. The van der Waals surface area contributed by atoms with Crippen molar-refractivity contribution in [3.8, 4) is 0 Å². The average molecular weight is 336 g/mol. The number of aliphatic hydroxyl groups is 2. The lowest BCUT2D eigenvalue weighted by molar-refractivity contribution is -0.0390. The summed E-state index contributed by atoms with van der Waals surface area (Å²) >= 11 is 0. The second kappa shape index (κ2) is 14.4. The Kier molecular flexibility index (Phi) is 12.7. The molecule has 1 atom stereocenters. The van der Waals surface area contributed by atoms with Gasteiger partial charge in [0.1, 0.15) is 0 Å². The minimum atomic E-state index is -1.27. The van der Waals surface area contributed by atoms with E-state index in [9.17, 15) is 0 Å². The molecule has 138 valence electrons. The van der Waals surface area contributed by atoms with Crippen LogP contribution in [0.3, 0.4) is 0 Å². The van der Waals surface area contributed by atoms with E-state index in [0.717, 1.165) is 12.8 Å². The summed E-state index contributed by atoms with van der Waals surface area (Å²) < 4.78 is 0. The SMILES string of the molecule is CCCCCCCCCCCC(Cc1ccccc1)NCC(O)O. The lowest BCUT2D eigenvalue weighted by atomic mass is 9.99. The molecular formula is C21H37NO2. The van der Waals surface area contributed by atoms with Crippen LogP contribution in [0.1, 0.15) is 76.7 Å². The van der Waals surface area contributed by atoms with Crippen molar-refractivity contribution in [2.45, 2.75) is 89.9 Å². The molecule has 0 aromatic heterocycles. The van der Waals surface area contributed by atoms with Crippen molar-refractivity contribution in [3.05, 3.63) is 35.9 Å². The van der Waals surface area contributed by atoms with E-state index in [1.54, 1.807) is 0 Å². The largest absolute Gasteiger partial charge is 0.367 e. The molecule has 0 spiro atoms. The fourth-order valence-corrected chi connectivity index (χ4v) is 3.15. The van der Waals surface area contributed by atoms with Crippen molar-refractivity contribution in [1.29, 1.82) is 0 Å². The lowest BCUT2D eigenvalue weighted by Gasteiger charge is -2.19. The first kappa shape index (κ1) is 21.1. The van der Waals surface area contributed by atoms with E-state index in [4.69, 9.17) is 10.2 Å². The highest BCUT2D eigenvalue weighted by molar-refractivity contribution is 5.15. The number of benzene rings is 1. The third-order valence-corrected chi connectivity index (χ3v) is 4.57. The van der Waals surface area contributed by atoms with Crippen LogP contribution >= 0.6 is 0 Å². The molecule has 1 unspecified atom stereocenters. The zero-order valence-electron chi connectivity index (χ0n) is 15.4. The van der Waals surface area contributed by atoms with Gasteiger partial charge in [0.15, 0.2) is 6.29 Å². The zero-order valence-corrected chi connectivity index (χ0v) is 15.4. The molecule has 0 saturated heterocycles. The Bertz CT molecular complexity index is 381. The van der Waals surface area contributed by atoms with E-state index in [-0.39, 0.29) is 6.54 Å². The quantitative estimate of drug-likeness (QED) is 0.328. The highest BCUT2D eigenvalue weighted by atomic mass is 16.5. The molecule has 3 heteroatoms. The normalized spacial score (nSPS) is 12.7. The molecule has 0 aliphatic carbocycles. The highest BCUT2D eigenvalue weighted by Crippen LogP contribution is 2.13. The summed E-state index contributed by atoms with van der Waals surface area (Å²) in [5, 5.41) is 21.5. The van der Waals surface area contributed by atoms with E-state index in [0.29, 0.717) is 6.04 Å². The summed E-state index contributed by atoms with van der Waals surface area (Å²) in [7, 11) is 0. The molecule has 0 fully saturated rings. The van der Waals surface area contributed by atoms with E-state index in [1.165, 1.54) is 63.4 Å². The molecule has 0 aliphatic heterocycles. The van der Waals surface area contributed by atoms with Crippen molar-refractivity contribution in [1.82, 2.24) is 5.32 Å². The van der Waals surface area contributed by atoms with E-state index in [1.807, 2.05) is 6.07 Å². The van der Waals surface area contributed by atoms with E-state index in [2.05, 4.69) is 36.5 Å². The van der Waals surface area contributed by atoms with Crippen LogP contribution < -0.4 is 5.32 Å². The van der Waals surface area contributed by atoms with Crippen molar-refractivity contribution >= 4 is 0 Å². The van der Waals surface area contributed by atoms with E-state index < -0.39 is 6.29 Å². The van der Waals surface area contributed by atoms with Gasteiger partial charge >= 0.3 is 0 Å². The maximum absolute atomic E-state index is 9.09. The van der Waals surface area contributed by atoms with Crippen LogP contribution in [0.4, 0.5) is 0 Å². The number of hydrogen-bond acceptors (Lipinski definition) is 3. The van der Waals surface area contributed by atoms with Gasteiger partial charge in [-0.05, 0) is 18.4 Å². The minimum Gasteiger partial charge on any atom is -0.367 e. The Hall–Kier alpha value is -0.900. The molecule has 0 amide bonds. The van der Waals surface area contributed by atoms with Gasteiger partial charge in [0, 0.05) is 12.6 Å². The number of rotatable bonds is 15. The van der Waals surface area contributed by atoms with Crippen LogP contribution in [-0.2, 0) is 6.42 Å². The Morgan fingerprint density at radius 1 is 0.833 bits per heavy atom. The summed E-state index contributed by atoms with van der Waals surface area (Å²) in [5.74, 6) is 0. The molecule has 0 aliphatic rings. The summed E-state index contributed by atoms with van der Waals surface area (Å²) in [6, 6.07) is 10.8. The first-order valence-corrected chi connectivity index (χ1v) is 9.85. The molecule has 0 heterocycles. The fourth-order valence-electron chi connectivity index (χ4n) is 3.15. The number of hydrogen-bond donors (Lipinski definition) is 3. The third-order valence-electron chi connectivity index (χ3n) is 4.57. The van der Waals surface area contributed by atoms with Gasteiger partial charge in [-0.15, -0.1) is 0 Å². The standard InChI is InChI=1S/C21H37NO2/c1-2-3-4-5-6-7-8-9-13-16-20(22-18-21(23)24)17-19-14-11-10-12-15-19/h10-12,14-15,20-24H,2-9,13,16-18H2,1H3. The number of aliphatic hydroxyl groups excluding tert-OH is 1. The Morgan fingerprint density at radius 2 is 1.42 bits per heavy atom. The van der Waals surface area contributed by atoms with Crippen LogP contribution in [0.2, 0.25) is 0 Å². The maximum Gasteiger partial charge on any atom is 0.164 e. The van der Waals surface area contributed by atoms with Gasteiger partial charge in [0.2, 0.25) is 0 Å². The van der Waals surface area contributed by atoms with Crippen LogP contribution in [0.25, 0.3) is 0 Å². The fraction of sp³-hybridized carbons (Fsp3) is 0.714. The van der Waals surface area contributed by atoms with Crippen LogP contribution in [0.5, 0.6) is 0 Å². The summed E-state index contributed by atoms with van der Waals surface area (Å²) in [4.78, 5) is 0.